The Labute approximate surface area is 152 Å². The second-order valence-electron chi connectivity index (χ2n) is 7.58. The van der Waals surface area contributed by atoms with Crippen molar-refractivity contribution in [3.63, 3.8) is 0 Å². The summed E-state index contributed by atoms with van der Waals surface area (Å²) in [4.78, 5) is 13.5. The monoisotopic (exact) mass is 350 g/mol. The van der Waals surface area contributed by atoms with Crippen LogP contribution in [0.15, 0.2) is 30.6 Å². The molecule has 1 aliphatic rings. The number of anilines is 1. The highest BCUT2D eigenvalue weighted by Crippen LogP contribution is 2.47. The number of rotatable bonds is 2. The molecule has 5 heteroatoms. The van der Waals surface area contributed by atoms with Crippen molar-refractivity contribution in [2.24, 2.45) is 5.92 Å². The molecule has 2 unspecified atom stereocenters. The molecule has 2 N–H and O–H groups in total. The number of fused-ring (bicyclic) bond motifs is 2. The van der Waals surface area contributed by atoms with Crippen LogP contribution < -0.4 is 5.73 Å². The highest BCUT2D eigenvalue weighted by atomic mass is 19.1. The number of nitrogen functional groups attached to an aromatic ring is 1. The zero-order valence-electron chi connectivity index (χ0n) is 15.3. The lowest BCUT2D eigenvalue weighted by atomic mass is 9.73. The molecule has 0 aliphatic heterocycles. The van der Waals surface area contributed by atoms with E-state index in [-0.39, 0.29) is 5.82 Å². The summed E-state index contributed by atoms with van der Waals surface area (Å²) in [6.45, 7) is 6.71. The van der Waals surface area contributed by atoms with Crippen molar-refractivity contribution >= 4 is 16.9 Å². The van der Waals surface area contributed by atoms with Gasteiger partial charge in [-0.05, 0) is 47.9 Å². The van der Waals surface area contributed by atoms with E-state index in [1.807, 2.05) is 12.1 Å². The van der Waals surface area contributed by atoms with Gasteiger partial charge in [0.15, 0.2) is 5.65 Å². The lowest BCUT2D eigenvalue weighted by molar-refractivity contribution is 0.402. The van der Waals surface area contributed by atoms with E-state index in [9.17, 15) is 4.39 Å². The van der Waals surface area contributed by atoms with Crippen LogP contribution in [0.3, 0.4) is 0 Å². The summed E-state index contributed by atoms with van der Waals surface area (Å²) in [7, 11) is 0. The standard InChI is InChI=1S/C21H23FN4/c1-11(2)15-9-4-12(3)16-17(13-5-7-14(22)8-6-13)18-20(23)24-10-25-21(18)26-19(15)16/h5-8,10-12,15H,4,9H2,1-3H3,(H2,23,24,25,26). The maximum absolute atomic E-state index is 13.5. The van der Waals surface area contributed by atoms with Crippen LogP contribution in [0.4, 0.5) is 10.2 Å². The van der Waals surface area contributed by atoms with Crippen LogP contribution >= 0.6 is 0 Å². The third kappa shape index (κ3) is 2.62. The maximum atomic E-state index is 13.5. The van der Waals surface area contributed by atoms with Crippen LogP contribution in [0.2, 0.25) is 0 Å². The Hall–Kier alpha value is -2.56. The molecule has 2 atom stereocenters. The molecular weight excluding hydrogens is 327 g/mol. The van der Waals surface area contributed by atoms with Gasteiger partial charge in [-0.1, -0.05) is 32.9 Å². The van der Waals surface area contributed by atoms with Gasteiger partial charge in [0.05, 0.1) is 11.1 Å². The van der Waals surface area contributed by atoms with E-state index in [1.54, 1.807) is 0 Å². The first-order valence-corrected chi connectivity index (χ1v) is 9.17. The zero-order valence-corrected chi connectivity index (χ0v) is 15.3. The molecule has 0 radical (unpaired) electrons. The quantitative estimate of drug-likeness (QED) is 0.702. The molecule has 1 aliphatic carbocycles. The molecule has 3 aromatic rings. The van der Waals surface area contributed by atoms with E-state index in [0.29, 0.717) is 29.2 Å². The van der Waals surface area contributed by atoms with Crippen LogP contribution in [-0.2, 0) is 0 Å². The number of hydrogen-bond acceptors (Lipinski definition) is 4. The number of hydrogen-bond donors (Lipinski definition) is 1. The summed E-state index contributed by atoms with van der Waals surface area (Å²) in [5.74, 6) is 1.41. The number of benzene rings is 1. The maximum Gasteiger partial charge on any atom is 0.165 e. The first-order valence-electron chi connectivity index (χ1n) is 9.17. The number of nitrogens with two attached hydrogens (primary N) is 1. The van der Waals surface area contributed by atoms with Gasteiger partial charge in [-0.3, -0.25) is 0 Å². The van der Waals surface area contributed by atoms with E-state index in [0.717, 1.165) is 35.0 Å². The summed E-state index contributed by atoms with van der Waals surface area (Å²) in [5, 5.41) is 0.772. The Morgan fingerprint density at radius 3 is 2.54 bits per heavy atom. The highest BCUT2D eigenvalue weighted by molar-refractivity contribution is 6.01. The van der Waals surface area contributed by atoms with Crippen molar-refractivity contribution < 1.29 is 4.39 Å². The second-order valence-corrected chi connectivity index (χ2v) is 7.58. The summed E-state index contributed by atoms with van der Waals surface area (Å²) >= 11 is 0. The zero-order chi connectivity index (χ0) is 18.4. The largest absolute Gasteiger partial charge is 0.383 e. The first-order chi connectivity index (χ1) is 12.5. The van der Waals surface area contributed by atoms with Gasteiger partial charge in [0.25, 0.3) is 0 Å². The number of halogens is 1. The van der Waals surface area contributed by atoms with Gasteiger partial charge in [-0.2, -0.15) is 0 Å². The topological polar surface area (TPSA) is 64.7 Å². The minimum Gasteiger partial charge on any atom is -0.383 e. The van der Waals surface area contributed by atoms with Crippen LogP contribution in [-0.4, -0.2) is 15.0 Å². The minimum absolute atomic E-state index is 0.252. The van der Waals surface area contributed by atoms with Crippen molar-refractivity contribution in [2.45, 2.75) is 45.4 Å². The fourth-order valence-corrected chi connectivity index (χ4v) is 4.21. The number of pyridine rings is 1. The van der Waals surface area contributed by atoms with E-state index in [1.165, 1.54) is 24.0 Å². The van der Waals surface area contributed by atoms with Crippen molar-refractivity contribution in [3.8, 4) is 11.1 Å². The Morgan fingerprint density at radius 1 is 1.12 bits per heavy atom. The van der Waals surface area contributed by atoms with Crippen LogP contribution in [0.5, 0.6) is 0 Å². The lowest BCUT2D eigenvalue weighted by Crippen LogP contribution is -2.20. The van der Waals surface area contributed by atoms with Gasteiger partial charge < -0.3 is 5.73 Å². The Morgan fingerprint density at radius 2 is 1.85 bits per heavy atom. The van der Waals surface area contributed by atoms with Crippen molar-refractivity contribution in [3.05, 3.63) is 47.7 Å². The van der Waals surface area contributed by atoms with Gasteiger partial charge in [-0.15, -0.1) is 0 Å². The fourth-order valence-electron chi connectivity index (χ4n) is 4.21. The highest BCUT2D eigenvalue weighted by Gasteiger charge is 2.32. The molecule has 2 aromatic heterocycles. The Balaban J connectivity index is 2.13. The fraction of sp³-hybridized carbons (Fsp3) is 0.381. The van der Waals surface area contributed by atoms with E-state index < -0.39 is 0 Å². The van der Waals surface area contributed by atoms with Crippen LogP contribution in [0.1, 0.15) is 56.7 Å². The predicted octanol–water partition coefficient (Wildman–Crippen LogP) is 5.05. The average Bonchev–Trinajstić information content (AvgIpc) is 2.61. The summed E-state index contributed by atoms with van der Waals surface area (Å²) in [6.07, 6.45) is 3.68. The van der Waals surface area contributed by atoms with E-state index in [2.05, 4.69) is 30.7 Å². The molecule has 1 aromatic carbocycles. The van der Waals surface area contributed by atoms with Crippen molar-refractivity contribution in [2.75, 3.05) is 5.73 Å². The van der Waals surface area contributed by atoms with Gasteiger partial charge in [0.1, 0.15) is 18.0 Å². The van der Waals surface area contributed by atoms with E-state index in [4.69, 9.17) is 10.7 Å². The minimum atomic E-state index is -0.252. The molecular formula is C21H23FN4. The molecule has 134 valence electrons. The van der Waals surface area contributed by atoms with Crippen LogP contribution in [0.25, 0.3) is 22.2 Å². The molecule has 4 rings (SSSR count). The molecule has 4 nitrogen and oxygen atoms in total. The summed E-state index contributed by atoms with van der Waals surface area (Å²) in [5.41, 5.74) is 11.1. The van der Waals surface area contributed by atoms with Crippen molar-refractivity contribution in [1.82, 2.24) is 15.0 Å². The second kappa shape index (κ2) is 6.31. The first kappa shape index (κ1) is 16.9. The van der Waals surface area contributed by atoms with Gasteiger partial charge in [0, 0.05) is 11.5 Å². The summed E-state index contributed by atoms with van der Waals surface area (Å²) < 4.78 is 13.5. The SMILES string of the molecule is CC1CCC(C(C)C)c2nc3ncnc(N)c3c(-c3ccc(F)cc3)c21. The number of aromatic nitrogens is 3. The smallest absolute Gasteiger partial charge is 0.165 e. The Kier molecular flexibility index (Phi) is 4.10. The van der Waals surface area contributed by atoms with Gasteiger partial charge in [0.2, 0.25) is 0 Å². The van der Waals surface area contributed by atoms with E-state index >= 15 is 0 Å². The molecule has 26 heavy (non-hydrogen) atoms. The Bertz CT molecular complexity index is 966. The number of nitrogens with zero attached hydrogens (tertiary/aromatic N) is 3. The third-order valence-electron chi connectivity index (χ3n) is 5.57. The lowest BCUT2D eigenvalue weighted by Gasteiger charge is -2.33. The molecule has 0 bridgehead atoms. The molecule has 0 saturated carbocycles. The van der Waals surface area contributed by atoms with Crippen LogP contribution in [0, 0.1) is 11.7 Å². The molecule has 0 spiro atoms. The average molecular weight is 350 g/mol. The van der Waals surface area contributed by atoms with Gasteiger partial charge in [-0.25, -0.2) is 19.3 Å². The molecule has 0 saturated heterocycles. The van der Waals surface area contributed by atoms with Crippen molar-refractivity contribution in [1.29, 1.82) is 0 Å². The molecule has 0 fully saturated rings. The predicted molar refractivity (Wildman–Crippen MR) is 102 cm³/mol. The normalized spacial score (nSPS) is 19.7. The molecule has 2 heterocycles. The van der Waals surface area contributed by atoms with Gasteiger partial charge >= 0.3 is 0 Å². The summed E-state index contributed by atoms with van der Waals surface area (Å²) in [6, 6.07) is 6.59. The molecule has 0 amide bonds. The third-order valence-corrected chi connectivity index (χ3v) is 5.57.